The van der Waals surface area contributed by atoms with Crippen molar-refractivity contribution < 1.29 is 22.7 Å². The minimum absolute atomic E-state index is 0.0266. The van der Waals surface area contributed by atoms with Gasteiger partial charge in [0.1, 0.15) is 15.5 Å². The minimum atomic E-state index is -4.15. The van der Waals surface area contributed by atoms with Crippen LogP contribution in [0.25, 0.3) is 0 Å². The van der Waals surface area contributed by atoms with Crippen LogP contribution in [0.1, 0.15) is 40.2 Å². The molecule has 0 atom stereocenters. The predicted octanol–water partition coefficient (Wildman–Crippen LogP) is 2.71. The summed E-state index contributed by atoms with van der Waals surface area (Å²) in [4.78, 5) is 24.8. The molecular weight excluding hydrogens is 340 g/mol. The summed E-state index contributed by atoms with van der Waals surface area (Å²) in [5, 5.41) is 4.44. The number of fused-ring (bicyclic) bond motifs is 1. The Hall–Kier alpha value is -1.61. The number of aryl methyl sites for hydroxylation is 1. The van der Waals surface area contributed by atoms with E-state index in [-0.39, 0.29) is 9.90 Å². The first-order valence-corrected chi connectivity index (χ1v) is 9.28. The van der Waals surface area contributed by atoms with Gasteiger partial charge >= 0.3 is 12.0 Å². The lowest BCUT2D eigenvalue weighted by molar-refractivity contribution is -0.163. The Morgan fingerprint density at radius 3 is 2.35 bits per heavy atom. The standard InChI is InChI=1S/C14H20N2O5S2/c1-8-7-22-10-9(8)23(19,20)16(12(18)15-10)14(5,6)11(17)21-13(2,3)4/h7H,1-6H3,(H,15,18). The molecule has 0 fully saturated rings. The second-order valence-corrected chi connectivity index (χ2v) is 9.44. The SMILES string of the molecule is Cc1csc2c1S(=O)(=O)N(C(C)(C)C(=O)OC(C)(C)C)C(=O)N2. The Bertz CT molecular complexity index is 772. The van der Waals surface area contributed by atoms with Crippen LogP contribution in [0.15, 0.2) is 10.3 Å². The van der Waals surface area contributed by atoms with Gasteiger partial charge in [0, 0.05) is 0 Å². The van der Waals surface area contributed by atoms with Crippen LogP contribution in [0.2, 0.25) is 0 Å². The van der Waals surface area contributed by atoms with Crippen molar-refractivity contribution in [1.29, 1.82) is 0 Å². The highest BCUT2D eigenvalue weighted by Crippen LogP contribution is 2.40. The maximum atomic E-state index is 12.9. The lowest BCUT2D eigenvalue weighted by Crippen LogP contribution is -2.59. The lowest BCUT2D eigenvalue weighted by atomic mass is 10.1. The zero-order valence-corrected chi connectivity index (χ0v) is 15.5. The number of nitrogens with zero attached hydrogens (tertiary/aromatic N) is 1. The van der Waals surface area contributed by atoms with Gasteiger partial charge in [-0.05, 0) is 52.5 Å². The van der Waals surface area contributed by atoms with Crippen LogP contribution in [0.5, 0.6) is 0 Å². The fourth-order valence-electron chi connectivity index (χ4n) is 2.23. The van der Waals surface area contributed by atoms with Crippen molar-refractivity contribution in [3.8, 4) is 0 Å². The van der Waals surface area contributed by atoms with Gasteiger partial charge in [0.05, 0.1) is 0 Å². The Labute approximate surface area is 139 Å². The van der Waals surface area contributed by atoms with E-state index in [1.54, 1.807) is 33.1 Å². The molecule has 0 saturated heterocycles. The Morgan fingerprint density at radius 2 is 1.83 bits per heavy atom. The molecule has 2 heterocycles. The van der Waals surface area contributed by atoms with E-state index in [0.717, 1.165) is 11.3 Å². The molecule has 0 bridgehead atoms. The number of urea groups is 1. The third-order valence-electron chi connectivity index (χ3n) is 3.23. The van der Waals surface area contributed by atoms with E-state index in [1.807, 2.05) is 0 Å². The predicted molar refractivity (Wildman–Crippen MR) is 87.0 cm³/mol. The van der Waals surface area contributed by atoms with Gasteiger partial charge in [-0.3, -0.25) is 5.32 Å². The molecule has 1 aliphatic rings. The smallest absolute Gasteiger partial charge is 0.337 e. The number of anilines is 1. The minimum Gasteiger partial charge on any atom is -0.458 e. The van der Waals surface area contributed by atoms with Gasteiger partial charge in [-0.1, -0.05) is 0 Å². The highest BCUT2D eigenvalue weighted by molar-refractivity contribution is 7.90. The third kappa shape index (κ3) is 2.94. The van der Waals surface area contributed by atoms with E-state index in [0.29, 0.717) is 9.87 Å². The molecule has 0 aromatic carbocycles. The number of esters is 1. The molecule has 0 spiro atoms. The van der Waals surface area contributed by atoms with Gasteiger partial charge in [-0.2, -0.15) is 4.31 Å². The summed E-state index contributed by atoms with van der Waals surface area (Å²) in [5.74, 6) is -0.792. The summed E-state index contributed by atoms with van der Waals surface area (Å²) in [6, 6.07) is -0.866. The largest absolute Gasteiger partial charge is 0.458 e. The first kappa shape index (κ1) is 17.7. The van der Waals surface area contributed by atoms with Gasteiger partial charge < -0.3 is 4.74 Å². The summed E-state index contributed by atoms with van der Waals surface area (Å²) < 4.78 is 31.6. The second-order valence-electron chi connectivity index (χ2n) is 6.84. The van der Waals surface area contributed by atoms with Crippen LogP contribution >= 0.6 is 11.3 Å². The molecule has 128 valence electrons. The topological polar surface area (TPSA) is 92.8 Å². The van der Waals surface area contributed by atoms with Crippen LogP contribution in [0, 0.1) is 6.92 Å². The average molecular weight is 360 g/mol. The van der Waals surface area contributed by atoms with Crippen molar-refractivity contribution in [2.75, 3.05) is 5.32 Å². The van der Waals surface area contributed by atoms with E-state index >= 15 is 0 Å². The zero-order chi connectivity index (χ0) is 17.8. The van der Waals surface area contributed by atoms with Crippen molar-refractivity contribution in [1.82, 2.24) is 4.31 Å². The maximum absolute atomic E-state index is 12.9. The molecule has 0 radical (unpaired) electrons. The number of sulfonamides is 1. The second kappa shape index (κ2) is 5.20. The highest BCUT2D eigenvalue weighted by atomic mass is 32.2. The van der Waals surface area contributed by atoms with Crippen LogP contribution in [0.3, 0.4) is 0 Å². The van der Waals surface area contributed by atoms with Gasteiger partial charge in [0.15, 0.2) is 5.54 Å². The number of ether oxygens (including phenoxy) is 1. The molecular formula is C14H20N2O5S2. The molecule has 1 aliphatic heterocycles. The molecule has 0 unspecified atom stereocenters. The number of carbonyl (C=O) groups is 2. The number of amides is 2. The first-order chi connectivity index (χ1) is 10.3. The van der Waals surface area contributed by atoms with Crippen LogP contribution in [-0.2, 0) is 19.6 Å². The monoisotopic (exact) mass is 360 g/mol. The number of hydrogen-bond donors (Lipinski definition) is 1. The molecule has 2 rings (SSSR count). The molecule has 1 aromatic heterocycles. The normalized spacial score (nSPS) is 17.5. The summed E-state index contributed by atoms with van der Waals surface area (Å²) in [6.45, 7) is 9.37. The third-order valence-corrected chi connectivity index (χ3v) is 6.51. The van der Waals surface area contributed by atoms with Crippen molar-refractivity contribution in [3.63, 3.8) is 0 Å². The van der Waals surface area contributed by atoms with Gasteiger partial charge in [-0.25, -0.2) is 18.0 Å². The summed E-state index contributed by atoms with van der Waals surface area (Å²) >= 11 is 1.14. The van der Waals surface area contributed by atoms with Crippen molar-refractivity contribution >= 4 is 38.4 Å². The Balaban J connectivity index is 2.52. The zero-order valence-electron chi connectivity index (χ0n) is 13.9. The van der Waals surface area contributed by atoms with Crippen molar-refractivity contribution in [3.05, 3.63) is 10.9 Å². The Kier molecular flexibility index (Phi) is 4.01. The van der Waals surface area contributed by atoms with Crippen molar-refractivity contribution in [2.24, 2.45) is 0 Å². The molecule has 0 aliphatic carbocycles. The van der Waals surface area contributed by atoms with E-state index in [1.165, 1.54) is 13.8 Å². The van der Waals surface area contributed by atoms with E-state index < -0.39 is 33.2 Å². The molecule has 7 nitrogen and oxygen atoms in total. The molecule has 9 heteroatoms. The number of rotatable bonds is 2. The van der Waals surface area contributed by atoms with Crippen LogP contribution in [-0.4, -0.2) is 35.9 Å². The molecule has 1 aromatic rings. The van der Waals surface area contributed by atoms with Gasteiger partial charge in [-0.15, -0.1) is 11.3 Å². The van der Waals surface area contributed by atoms with Crippen LogP contribution in [0.4, 0.5) is 9.80 Å². The summed E-state index contributed by atoms with van der Waals surface area (Å²) in [6.07, 6.45) is 0. The first-order valence-electron chi connectivity index (χ1n) is 6.96. The summed E-state index contributed by atoms with van der Waals surface area (Å²) in [5.41, 5.74) is -1.95. The highest BCUT2D eigenvalue weighted by Gasteiger charge is 2.51. The fraction of sp³-hybridized carbons (Fsp3) is 0.571. The molecule has 1 N–H and O–H groups in total. The van der Waals surface area contributed by atoms with E-state index in [4.69, 9.17) is 4.74 Å². The molecule has 2 amide bonds. The van der Waals surface area contributed by atoms with E-state index in [9.17, 15) is 18.0 Å². The fourth-order valence-corrected chi connectivity index (χ4v) is 5.46. The lowest BCUT2D eigenvalue weighted by Gasteiger charge is -2.38. The molecule has 23 heavy (non-hydrogen) atoms. The maximum Gasteiger partial charge on any atom is 0.337 e. The molecule has 0 saturated carbocycles. The van der Waals surface area contributed by atoms with Gasteiger partial charge in [0.2, 0.25) is 0 Å². The summed E-state index contributed by atoms with van der Waals surface area (Å²) in [7, 11) is -4.15. The van der Waals surface area contributed by atoms with Crippen molar-refractivity contribution in [2.45, 2.75) is 57.6 Å². The number of thiophene rings is 1. The number of nitrogens with one attached hydrogen (secondary N) is 1. The number of hydrogen-bond acceptors (Lipinski definition) is 6. The van der Waals surface area contributed by atoms with Gasteiger partial charge in [0.25, 0.3) is 10.0 Å². The number of carbonyl (C=O) groups excluding carboxylic acids is 2. The Morgan fingerprint density at radius 1 is 1.26 bits per heavy atom. The van der Waals surface area contributed by atoms with E-state index in [2.05, 4.69) is 5.32 Å². The van der Waals surface area contributed by atoms with Crippen LogP contribution < -0.4 is 5.32 Å². The quantitative estimate of drug-likeness (QED) is 0.819. The average Bonchev–Trinajstić information content (AvgIpc) is 2.67.